The number of para-hydroxylation sites is 1. The average molecular weight is 385 g/mol. The molecule has 2 aromatic carbocycles. The third-order valence-electron chi connectivity index (χ3n) is 3.70. The third-order valence-corrected chi connectivity index (χ3v) is 5.08. The number of halogens is 1. The Kier molecular flexibility index (Phi) is 5.46. The Balaban J connectivity index is 1.79. The van der Waals surface area contributed by atoms with Crippen LogP contribution in [0.5, 0.6) is 0 Å². The number of benzene rings is 2. The summed E-state index contributed by atoms with van der Waals surface area (Å²) in [7, 11) is -3.96. The first-order chi connectivity index (χ1) is 13.0. The van der Waals surface area contributed by atoms with Gasteiger partial charge in [-0.2, -0.15) is 0 Å². The van der Waals surface area contributed by atoms with Gasteiger partial charge in [-0.05, 0) is 48.5 Å². The molecule has 0 bridgehead atoms. The lowest BCUT2D eigenvalue weighted by molar-refractivity contribution is 0.0951. The van der Waals surface area contributed by atoms with Gasteiger partial charge in [0.25, 0.3) is 15.9 Å². The van der Waals surface area contributed by atoms with Crippen molar-refractivity contribution in [1.82, 2.24) is 10.3 Å². The summed E-state index contributed by atoms with van der Waals surface area (Å²) in [5, 5.41) is 2.70. The summed E-state index contributed by atoms with van der Waals surface area (Å²) in [4.78, 5) is 16.5. The molecule has 1 amide bonds. The van der Waals surface area contributed by atoms with Crippen LogP contribution >= 0.6 is 0 Å². The maximum Gasteiger partial charge on any atom is 0.261 e. The molecule has 1 aromatic heterocycles. The molecule has 27 heavy (non-hydrogen) atoms. The second-order valence-corrected chi connectivity index (χ2v) is 7.29. The van der Waals surface area contributed by atoms with Gasteiger partial charge in [0, 0.05) is 6.20 Å². The number of sulfonamides is 1. The zero-order valence-electron chi connectivity index (χ0n) is 14.1. The normalized spacial score (nSPS) is 11.0. The molecule has 1 heterocycles. The SMILES string of the molecule is O=C(NCc1ccccn1)c1ccccc1NS(=O)(=O)c1ccc(F)cc1. The first-order valence-electron chi connectivity index (χ1n) is 8.01. The lowest BCUT2D eigenvalue weighted by Crippen LogP contribution is -2.25. The molecule has 0 aliphatic heterocycles. The number of hydrogen-bond acceptors (Lipinski definition) is 4. The third kappa shape index (κ3) is 4.68. The second kappa shape index (κ2) is 7.96. The van der Waals surface area contributed by atoms with Crippen molar-refractivity contribution in [2.75, 3.05) is 4.72 Å². The zero-order chi connectivity index (χ0) is 19.3. The van der Waals surface area contributed by atoms with Gasteiger partial charge >= 0.3 is 0 Å². The largest absolute Gasteiger partial charge is 0.346 e. The van der Waals surface area contributed by atoms with Gasteiger partial charge in [-0.25, -0.2) is 12.8 Å². The van der Waals surface area contributed by atoms with Crippen molar-refractivity contribution >= 4 is 21.6 Å². The summed E-state index contributed by atoms with van der Waals surface area (Å²) >= 11 is 0. The van der Waals surface area contributed by atoms with Crippen molar-refractivity contribution < 1.29 is 17.6 Å². The minimum Gasteiger partial charge on any atom is -0.346 e. The Bertz CT molecular complexity index is 1040. The Hall–Kier alpha value is -3.26. The van der Waals surface area contributed by atoms with E-state index in [0.717, 1.165) is 24.3 Å². The van der Waals surface area contributed by atoms with Crippen molar-refractivity contribution in [3.8, 4) is 0 Å². The zero-order valence-corrected chi connectivity index (χ0v) is 14.9. The van der Waals surface area contributed by atoms with E-state index in [0.29, 0.717) is 5.69 Å². The Morgan fingerprint density at radius 2 is 1.67 bits per heavy atom. The lowest BCUT2D eigenvalue weighted by atomic mass is 10.1. The van der Waals surface area contributed by atoms with E-state index >= 15 is 0 Å². The van der Waals surface area contributed by atoms with E-state index in [1.54, 1.807) is 36.5 Å². The number of carbonyl (C=O) groups excluding carboxylic acids is 1. The molecule has 0 aliphatic rings. The summed E-state index contributed by atoms with van der Waals surface area (Å²) in [6.07, 6.45) is 1.62. The molecule has 3 aromatic rings. The number of rotatable bonds is 6. The molecule has 8 heteroatoms. The topological polar surface area (TPSA) is 88.2 Å². The molecule has 0 saturated carbocycles. The number of hydrogen-bond donors (Lipinski definition) is 2. The highest BCUT2D eigenvalue weighted by molar-refractivity contribution is 7.92. The Morgan fingerprint density at radius 3 is 2.37 bits per heavy atom. The van der Waals surface area contributed by atoms with Gasteiger partial charge < -0.3 is 5.32 Å². The van der Waals surface area contributed by atoms with Crippen LogP contribution in [0.15, 0.2) is 77.8 Å². The van der Waals surface area contributed by atoms with Crippen molar-refractivity contribution in [3.05, 3.63) is 90.0 Å². The highest BCUT2D eigenvalue weighted by Crippen LogP contribution is 2.20. The van der Waals surface area contributed by atoms with Crippen molar-refractivity contribution in [3.63, 3.8) is 0 Å². The monoisotopic (exact) mass is 385 g/mol. The summed E-state index contributed by atoms with van der Waals surface area (Å²) in [5.41, 5.74) is 0.967. The van der Waals surface area contributed by atoms with E-state index < -0.39 is 21.7 Å². The molecule has 138 valence electrons. The molecule has 0 radical (unpaired) electrons. The summed E-state index contributed by atoms with van der Waals surface area (Å²) in [6.45, 7) is 0.207. The molecule has 0 atom stereocenters. The van der Waals surface area contributed by atoms with Crippen LogP contribution in [0, 0.1) is 5.82 Å². The quantitative estimate of drug-likeness (QED) is 0.683. The molecule has 0 aliphatic carbocycles. The summed E-state index contributed by atoms with van der Waals surface area (Å²) in [5.74, 6) is -0.985. The predicted octanol–water partition coefficient (Wildman–Crippen LogP) is 2.95. The van der Waals surface area contributed by atoms with E-state index in [-0.39, 0.29) is 22.7 Å². The molecule has 0 fully saturated rings. The van der Waals surface area contributed by atoms with Crippen LogP contribution in [-0.4, -0.2) is 19.3 Å². The molecular weight excluding hydrogens is 369 g/mol. The maximum atomic E-state index is 13.0. The fourth-order valence-corrected chi connectivity index (χ4v) is 3.44. The molecule has 0 unspecified atom stereocenters. The van der Waals surface area contributed by atoms with Crippen LogP contribution in [0.4, 0.5) is 10.1 Å². The van der Waals surface area contributed by atoms with Crippen molar-refractivity contribution in [2.24, 2.45) is 0 Å². The number of nitrogens with one attached hydrogen (secondary N) is 2. The molecular formula is C19H16FN3O3S. The minimum atomic E-state index is -3.96. The second-order valence-electron chi connectivity index (χ2n) is 5.61. The van der Waals surface area contributed by atoms with Gasteiger partial charge in [-0.15, -0.1) is 0 Å². The van der Waals surface area contributed by atoms with Gasteiger partial charge in [0.1, 0.15) is 5.82 Å². The Morgan fingerprint density at radius 1 is 0.963 bits per heavy atom. The van der Waals surface area contributed by atoms with Gasteiger partial charge in [0.2, 0.25) is 0 Å². The number of anilines is 1. The van der Waals surface area contributed by atoms with Crippen LogP contribution in [-0.2, 0) is 16.6 Å². The van der Waals surface area contributed by atoms with Crippen molar-refractivity contribution in [2.45, 2.75) is 11.4 Å². The summed E-state index contributed by atoms with van der Waals surface area (Å²) < 4.78 is 40.4. The number of nitrogens with zero attached hydrogens (tertiary/aromatic N) is 1. The predicted molar refractivity (Wildman–Crippen MR) is 99.1 cm³/mol. The fourth-order valence-electron chi connectivity index (χ4n) is 2.36. The highest BCUT2D eigenvalue weighted by Gasteiger charge is 2.18. The molecule has 0 saturated heterocycles. The van der Waals surface area contributed by atoms with E-state index in [2.05, 4.69) is 15.0 Å². The van der Waals surface area contributed by atoms with Crippen molar-refractivity contribution in [1.29, 1.82) is 0 Å². The number of aromatic nitrogens is 1. The van der Waals surface area contributed by atoms with Crippen LogP contribution in [0.1, 0.15) is 16.1 Å². The van der Waals surface area contributed by atoms with E-state index in [1.807, 2.05) is 0 Å². The van der Waals surface area contributed by atoms with E-state index in [1.165, 1.54) is 12.1 Å². The molecule has 2 N–H and O–H groups in total. The van der Waals surface area contributed by atoms with Crippen LogP contribution in [0.25, 0.3) is 0 Å². The first-order valence-corrected chi connectivity index (χ1v) is 9.49. The summed E-state index contributed by atoms with van der Waals surface area (Å²) in [6, 6.07) is 16.0. The number of carbonyl (C=O) groups is 1. The van der Waals surface area contributed by atoms with Gasteiger partial charge in [-0.1, -0.05) is 18.2 Å². The van der Waals surface area contributed by atoms with Gasteiger partial charge in [-0.3, -0.25) is 14.5 Å². The van der Waals surface area contributed by atoms with Crippen LogP contribution < -0.4 is 10.0 Å². The smallest absolute Gasteiger partial charge is 0.261 e. The van der Waals surface area contributed by atoms with E-state index in [9.17, 15) is 17.6 Å². The Labute approximate surface area is 156 Å². The maximum absolute atomic E-state index is 13.0. The van der Waals surface area contributed by atoms with Gasteiger partial charge in [0.15, 0.2) is 0 Å². The number of pyridine rings is 1. The van der Waals surface area contributed by atoms with E-state index in [4.69, 9.17) is 0 Å². The number of amides is 1. The minimum absolute atomic E-state index is 0.104. The van der Waals surface area contributed by atoms with Crippen LogP contribution in [0.2, 0.25) is 0 Å². The fraction of sp³-hybridized carbons (Fsp3) is 0.0526. The van der Waals surface area contributed by atoms with Gasteiger partial charge in [0.05, 0.1) is 28.4 Å². The first kappa shape index (κ1) is 18.5. The standard InChI is InChI=1S/C19H16FN3O3S/c20-14-8-10-16(11-9-14)27(25,26)23-18-7-2-1-6-17(18)19(24)22-13-15-5-3-4-12-21-15/h1-12,23H,13H2,(H,22,24). The molecule has 0 spiro atoms. The average Bonchev–Trinajstić information content (AvgIpc) is 2.67. The highest BCUT2D eigenvalue weighted by atomic mass is 32.2. The lowest BCUT2D eigenvalue weighted by Gasteiger charge is -2.13. The molecule has 6 nitrogen and oxygen atoms in total. The van der Waals surface area contributed by atoms with Crippen LogP contribution in [0.3, 0.4) is 0 Å². The molecule has 3 rings (SSSR count).